The molecular weight excluding hydrogens is 573 g/mol. The molecule has 0 aliphatic carbocycles. The van der Waals surface area contributed by atoms with Gasteiger partial charge < -0.3 is 44.9 Å². The summed E-state index contributed by atoms with van der Waals surface area (Å²) in [5, 5.41) is 0. The van der Waals surface area contributed by atoms with Crippen LogP contribution in [0.1, 0.15) is 32.6 Å². The van der Waals surface area contributed by atoms with Crippen LogP contribution in [-0.2, 0) is 44.9 Å². The molecule has 0 bridgehead atoms. The third-order valence-corrected chi connectivity index (χ3v) is 26.3. The Bertz CT molecular complexity index is 702. The molecule has 4 aliphatic rings. The van der Waals surface area contributed by atoms with Crippen molar-refractivity contribution in [2.45, 2.75) is 101 Å². The highest BCUT2D eigenvalue weighted by Gasteiger charge is 2.56. The first-order valence-electron chi connectivity index (χ1n) is 15.0. The fourth-order valence-corrected chi connectivity index (χ4v) is 28.7. The first-order valence-corrected chi connectivity index (χ1v) is 25.1. The van der Waals surface area contributed by atoms with Gasteiger partial charge in [-0.2, -0.15) is 0 Å². The van der Waals surface area contributed by atoms with Gasteiger partial charge in [-0.1, -0.05) is 13.3 Å². The molecule has 0 aromatic heterocycles. The van der Waals surface area contributed by atoms with Crippen molar-refractivity contribution in [3.63, 3.8) is 0 Å². The first kappa shape index (κ1) is 32.4. The Hall–Kier alpha value is 0.468. The zero-order valence-corrected chi connectivity index (χ0v) is 28.8. The van der Waals surface area contributed by atoms with Gasteiger partial charge >= 0.3 is 34.2 Å². The number of hydrogen-bond donors (Lipinski definition) is 0. The molecule has 0 aromatic carbocycles. The van der Waals surface area contributed by atoms with Crippen molar-refractivity contribution in [2.75, 3.05) is 59.5 Å². The predicted molar refractivity (Wildman–Crippen MR) is 156 cm³/mol. The van der Waals surface area contributed by atoms with Crippen LogP contribution < -0.4 is 0 Å². The van der Waals surface area contributed by atoms with Crippen molar-refractivity contribution in [3.05, 3.63) is 0 Å². The monoisotopic (exact) mass is 624 g/mol. The highest BCUT2D eigenvalue weighted by atomic mass is 28.5. The summed E-state index contributed by atoms with van der Waals surface area (Å²) in [7, 11) is -10.3. The van der Waals surface area contributed by atoms with Gasteiger partial charge in [-0.25, -0.2) is 0 Å². The second-order valence-corrected chi connectivity index (χ2v) is 26.4. The number of ether oxygens (including phenoxy) is 6. The summed E-state index contributed by atoms with van der Waals surface area (Å²) in [6.45, 7) is 17.6. The Balaban J connectivity index is 1.39. The maximum Gasteiger partial charge on any atom is 0.317 e. The van der Waals surface area contributed by atoms with E-state index in [-0.39, 0.29) is 18.3 Å². The van der Waals surface area contributed by atoms with Crippen LogP contribution in [0.5, 0.6) is 0 Å². The average molecular weight is 625 g/mol. The zero-order valence-electron chi connectivity index (χ0n) is 24.8. The van der Waals surface area contributed by atoms with Gasteiger partial charge in [0.05, 0.1) is 39.6 Å². The molecule has 0 spiro atoms. The summed E-state index contributed by atoms with van der Waals surface area (Å²) in [6, 6.07) is 3.52. The standard InChI is InChI=1S/C25H52O10Si4/c1-6-13-36(2)32-37(3,14-7-10-26-17-23-20-29-23)34-39(5,16-9-12-28-19-25-22-31-25)35-38(4,33-36)15-8-11-27-18-24-21-30-24/h23-25H,6-22H2,1-5H3. The van der Waals surface area contributed by atoms with Crippen LogP contribution in [0.2, 0.25) is 50.4 Å². The molecule has 0 amide bonds. The highest BCUT2D eigenvalue weighted by Crippen LogP contribution is 2.38. The van der Waals surface area contributed by atoms with E-state index in [0.717, 1.165) is 69.7 Å². The number of rotatable bonds is 20. The average Bonchev–Trinajstić information content (AvgIpc) is 3.68. The molecule has 10 nitrogen and oxygen atoms in total. The van der Waals surface area contributed by atoms with Crippen LogP contribution in [0.4, 0.5) is 0 Å². The second kappa shape index (κ2) is 14.8. The topological polar surface area (TPSA) is 102 Å². The molecule has 4 saturated heterocycles. The molecule has 5 unspecified atom stereocenters. The van der Waals surface area contributed by atoms with Crippen molar-refractivity contribution >= 4 is 34.2 Å². The second-order valence-electron chi connectivity index (χ2n) is 12.1. The van der Waals surface area contributed by atoms with E-state index in [4.69, 9.17) is 44.9 Å². The minimum atomic E-state index is -2.63. The Morgan fingerprint density at radius 3 is 1.05 bits per heavy atom. The minimum absolute atomic E-state index is 0.281. The molecular formula is C25H52O10Si4. The Morgan fingerprint density at radius 2 is 0.795 bits per heavy atom. The summed E-state index contributed by atoms with van der Waals surface area (Å²) in [5.41, 5.74) is 0. The molecule has 4 fully saturated rings. The van der Waals surface area contributed by atoms with Crippen LogP contribution in [0.25, 0.3) is 0 Å². The van der Waals surface area contributed by atoms with E-state index in [1.807, 2.05) is 0 Å². The lowest BCUT2D eigenvalue weighted by Crippen LogP contribution is -2.67. The molecule has 0 N–H and O–H groups in total. The smallest absolute Gasteiger partial charge is 0.317 e. The van der Waals surface area contributed by atoms with E-state index >= 15 is 0 Å². The summed E-state index contributed by atoms with van der Waals surface area (Å²) < 4.78 is 61.9. The van der Waals surface area contributed by atoms with Crippen molar-refractivity contribution in [2.24, 2.45) is 0 Å². The molecule has 0 aromatic rings. The van der Waals surface area contributed by atoms with Crippen molar-refractivity contribution in [1.82, 2.24) is 0 Å². The Morgan fingerprint density at radius 1 is 0.513 bits per heavy atom. The van der Waals surface area contributed by atoms with E-state index in [0.29, 0.717) is 39.6 Å². The van der Waals surface area contributed by atoms with Crippen molar-refractivity contribution < 1.29 is 44.9 Å². The van der Waals surface area contributed by atoms with Gasteiger partial charge in [0.2, 0.25) is 0 Å². The van der Waals surface area contributed by atoms with Crippen LogP contribution in [0, 0.1) is 0 Å². The van der Waals surface area contributed by atoms with Gasteiger partial charge in [0.25, 0.3) is 0 Å². The molecule has 39 heavy (non-hydrogen) atoms. The van der Waals surface area contributed by atoms with Gasteiger partial charge in [-0.15, -0.1) is 0 Å². The van der Waals surface area contributed by atoms with E-state index in [9.17, 15) is 0 Å². The van der Waals surface area contributed by atoms with E-state index in [1.54, 1.807) is 0 Å². The summed E-state index contributed by atoms with van der Waals surface area (Å²) in [6.07, 6.45) is 4.56. The quantitative estimate of drug-likeness (QED) is 0.111. The van der Waals surface area contributed by atoms with E-state index in [2.05, 4.69) is 33.1 Å². The predicted octanol–water partition coefficient (Wildman–Crippen LogP) is 4.18. The molecule has 5 atom stereocenters. The van der Waals surface area contributed by atoms with Gasteiger partial charge in [-0.05, 0) is 69.6 Å². The van der Waals surface area contributed by atoms with Crippen LogP contribution in [0.3, 0.4) is 0 Å². The lowest BCUT2D eigenvalue weighted by molar-refractivity contribution is 0.112. The van der Waals surface area contributed by atoms with Crippen LogP contribution in [-0.4, -0.2) is 112 Å². The molecule has 14 heteroatoms. The van der Waals surface area contributed by atoms with Gasteiger partial charge in [0, 0.05) is 19.8 Å². The molecule has 0 saturated carbocycles. The maximum absolute atomic E-state index is 7.17. The van der Waals surface area contributed by atoms with Gasteiger partial charge in [0.15, 0.2) is 0 Å². The molecule has 4 rings (SSSR count). The molecule has 0 radical (unpaired) electrons. The van der Waals surface area contributed by atoms with Crippen LogP contribution in [0.15, 0.2) is 0 Å². The van der Waals surface area contributed by atoms with Crippen molar-refractivity contribution in [3.8, 4) is 0 Å². The first-order chi connectivity index (χ1) is 18.6. The fraction of sp³-hybridized carbons (Fsp3) is 1.00. The fourth-order valence-electron chi connectivity index (χ4n) is 5.40. The summed E-state index contributed by atoms with van der Waals surface area (Å²) in [5.74, 6) is 0. The molecule has 4 aliphatic heterocycles. The maximum atomic E-state index is 7.17. The van der Waals surface area contributed by atoms with Gasteiger partial charge in [0.1, 0.15) is 18.3 Å². The third kappa shape index (κ3) is 12.3. The third-order valence-electron chi connectivity index (χ3n) is 7.31. The highest BCUT2D eigenvalue weighted by molar-refractivity contribution is 6.93. The summed E-state index contributed by atoms with van der Waals surface area (Å²) in [4.78, 5) is 0. The number of epoxide rings is 3. The normalized spacial score (nSPS) is 39.8. The zero-order chi connectivity index (χ0) is 27.8. The SMILES string of the molecule is CCC[Si]1(C)O[Si](C)(CCCOCC2CO2)O[Si](C)(CCCOCC2CO2)O[Si](C)(CCCOCC2CO2)O1. The lowest BCUT2D eigenvalue weighted by Gasteiger charge is -2.50. The van der Waals surface area contributed by atoms with E-state index < -0.39 is 34.2 Å². The minimum Gasteiger partial charge on any atom is -0.416 e. The van der Waals surface area contributed by atoms with E-state index in [1.165, 1.54) is 0 Å². The molecule has 228 valence electrons. The van der Waals surface area contributed by atoms with Crippen LogP contribution >= 0.6 is 0 Å². The Labute approximate surface area is 239 Å². The summed E-state index contributed by atoms with van der Waals surface area (Å²) >= 11 is 0. The number of hydrogen-bond acceptors (Lipinski definition) is 10. The largest absolute Gasteiger partial charge is 0.416 e. The molecule has 4 heterocycles. The van der Waals surface area contributed by atoms with Crippen molar-refractivity contribution in [1.29, 1.82) is 0 Å². The van der Waals surface area contributed by atoms with Gasteiger partial charge in [-0.3, -0.25) is 0 Å². The lowest BCUT2D eigenvalue weighted by atomic mass is 10.5. The Kier molecular flexibility index (Phi) is 12.3.